The van der Waals surface area contributed by atoms with Crippen LogP contribution in [0.5, 0.6) is 0 Å². The smallest absolute Gasteiger partial charge is 0.241 e. The van der Waals surface area contributed by atoms with E-state index in [4.69, 9.17) is 16.7 Å². The summed E-state index contributed by atoms with van der Waals surface area (Å²) in [7, 11) is 0. The van der Waals surface area contributed by atoms with Crippen molar-refractivity contribution < 1.29 is 4.79 Å². The summed E-state index contributed by atoms with van der Waals surface area (Å²) in [5.74, 6) is 0.0548. The van der Waals surface area contributed by atoms with Crippen molar-refractivity contribution in [3.05, 3.63) is 83.1 Å². The maximum atomic E-state index is 13.0. The van der Waals surface area contributed by atoms with E-state index in [2.05, 4.69) is 37.5 Å². The minimum Gasteiger partial charge on any atom is -0.325 e. The van der Waals surface area contributed by atoms with E-state index >= 15 is 0 Å². The minimum atomic E-state index is -0.310. The summed E-state index contributed by atoms with van der Waals surface area (Å²) >= 11 is 6.09. The fourth-order valence-corrected chi connectivity index (χ4v) is 4.05. The third-order valence-corrected chi connectivity index (χ3v) is 5.79. The Morgan fingerprint density at radius 2 is 1.80 bits per heavy atom. The molecule has 1 aliphatic heterocycles. The number of aromatic nitrogens is 2. The van der Waals surface area contributed by atoms with Gasteiger partial charge < -0.3 is 5.32 Å². The summed E-state index contributed by atoms with van der Waals surface area (Å²) in [6.45, 7) is 6.39. The molecule has 0 radical (unpaired) electrons. The summed E-state index contributed by atoms with van der Waals surface area (Å²) < 4.78 is 1.98. The van der Waals surface area contributed by atoms with Crippen LogP contribution in [-0.2, 0) is 10.3 Å². The summed E-state index contributed by atoms with van der Waals surface area (Å²) in [5.41, 5.74) is 2.80. The molecule has 1 fully saturated rings. The Morgan fingerprint density at radius 1 is 1.10 bits per heavy atom. The van der Waals surface area contributed by atoms with Gasteiger partial charge in [-0.25, -0.2) is 0 Å². The lowest BCUT2D eigenvalue weighted by atomic mass is 9.90. The average molecular weight is 423 g/mol. The van der Waals surface area contributed by atoms with Gasteiger partial charge in [-0.05, 0) is 63.1 Å². The maximum Gasteiger partial charge on any atom is 0.241 e. The van der Waals surface area contributed by atoms with Crippen molar-refractivity contribution >= 4 is 23.2 Å². The van der Waals surface area contributed by atoms with Crippen molar-refractivity contribution in [2.45, 2.75) is 50.7 Å². The number of anilines is 1. The normalized spacial score (nSPS) is 21.5. The molecule has 0 aliphatic carbocycles. The van der Waals surface area contributed by atoms with Crippen molar-refractivity contribution in [3.63, 3.8) is 0 Å². The van der Waals surface area contributed by atoms with E-state index in [1.54, 1.807) is 0 Å². The van der Waals surface area contributed by atoms with Gasteiger partial charge in [0, 0.05) is 28.9 Å². The lowest BCUT2D eigenvalue weighted by molar-refractivity contribution is -0.117. The molecule has 0 saturated carbocycles. The first-order chi connectivity index (χ1) is 14.3. The Hall–Kier alpha value is -2.63. The molecule has 2 aromatic carbocycles. The van der Waals surface area contributed by atoms with Gasteiger partial charge in [-0.15, -0.1) is 0 Å². The monoisotopic (exact) mass is 422 g/mol. The highest BCUT2D eigenvalue weighted by molar-refractivity contribution is 6.30. The van der Waals surface area contributed by atoms with Gasteiger partial charge >= 0.3 is 0 Å². The molecule has 1 aliphatic rings. The number of benzene rings is 2. The molecule has 2 heterocycles. The van der Waals surface area contributed by atoms with Gasteiger partial charge in [0.05, 0.1) is 17.3 Å². The van der Waals surface area contributed by atoms with Gasteiger partial charge in [0.25, 0.3) is 0 Å². The van der Waals surface area contributed by atoms with E-state index in [0.29, 0.717) is 11.4 Å². The Morgan fingerprint density at radius 3 is 2.43 bits per heavy atom. The second-order valence-electron chi connectivity index (χ2n) is 8.80. The second kappa shape index (κ2) is 8.25. The molecule has 0 spiro atoms. The van der Waals surface area contributed by atoms with Gasteiger partial charge in [-0.3, -0.25) is 14.8 Å². The van der Waals surface area contributed by atoms with E-state index in [9.17, 15) is 4.79 Å². The minimum absolute atomic E-state index is 0.0166. The summed E-state index contributed by atoms with van der Waals surface area (Å²) in [6, 6.07) is 19.1. The van der Waals surface area contributed by atoms with Crippen LogP contribution in [-0.4, -0.2) is 21.7 Å². The number of halogens is 1. The number of carbonyl (C=O) groups is 1. The molecule has 1 saturated heterocycles. The predicted molar refractivity (Wildman–Crippen MR) is 121 cm³/mol. The Kier molecular flexibility index (Phi) is 5.67. The van der Waals surface area contributed by atoms with Crippen LogP contribution in [0, 0.1) is 0 Å². The quantitative estimate of drug-likeness (QED) is 0.613. The van der Waals surface area contributed by atoms with Gasteiger partial charge in [0.1, 0.15) is 0 Å². The van der Waals surface area contributed by atoms with Crippen LogP contribution in [0.4, 0.5) is 5.69 Å². The topological polar surface area (TPSA) is 59.0 Å². The average Bonchev–Trinajstić information content (AvgIpc) is 3.36. The standard InChI is InChI=1S/C24H27ClN4O/c1-24(2,3)29-14-13-20(28-29)19-15-21(23(30)26-18-7-5-4-6-8-18)27-22(19)16-9-11-17(25)12-10-16/h4-14,19,21-22,27H,15H2,1-3H3,(H,26,30)/t19-,21+,22+/m1/s1. The van der Waals surface area contributed by atoms with E-state index in [0.717, 1.165) is 16.9 Å². The molecular formula is C24H27ClN4O. The number of para-hydroxylation sites is 1. The highest BCUT2D eigenvalue weighted by Gasteiger charge is 2.40. The first-order valence-electron chi connectivity index (χ1n) is 10.2. The zero-order valence-corrected chi connectivity index (χ0v) is 18.2. The van der Waals surface area contributed by atoms with Crippen LogP contribution in [0.1, 0.15) is 50.4 Å². The van der Waals surface area contributed by atoms with Crippen molar-refractivity contribution in [3.8, 4) is 0 Å². The van der Waals surface area contributed by atoms with Crippen molar-refractivity contribution in [2.75, 3.05) is 5.32 Å². The van der Waals surface area contributed by atoms with Crippen LogP contribution in [0.25, 0.3) is 0 Å². The fourth-order valence-electron chi connectivity index (χ4n) is 3.92. The Balaban J connectivity index is 1.61. The third-order valence-electron chi connectivity index (χ3n) is 5.54. The predicted octanol–water partition coefficient (Wildman–Crippen LogP) is 5.12. The number of carbonyl (C=O) groups excluding carboxylic acids is 1. The van der Waals surface area contributed by atoms with E-state index in [1.165, 1.54) is 0 Å². The highest BCUT2D eigenvalue weighted by Crippen LogP contribution is 2.40. The number of rotatable bonds is 4. The molecule has 2 N–H and O–H groups in total. The molecule has 156 valence electrons. The largest absolute Gasteiger partial charge is 0.325 e. The third kappa shape index (κ3) is 4.42. The zero-order chi connectivity index (χ0) is 21.3. The van der Waals surface area contributed by atoms with E-state index in [-0.39, 0.29) is 29.4 Å². The molecule has 4 rings (SSSR count). The lowest BCUT2D eigenvalue weighted by Crippen LogP contribution is -2.36. The summed E-state index contributed by atoms with van der Waals surface area (Å²) in [6.07, 6.45) is 2.69. The zero-order valence-electron chi connectivity index (χ0n) is 17.5. The number of nitrogens with zero attached hydrogens (tertiary/aromatic N) is 2. The van der Waals surface area contributed by atoms with Crippen LogP contribution >= 0.6 is 11.6 Å². The molecule has 3 atom stereocenters. The van der Waals surface area contributed by atoms with Gasteiger partial charge in [-0.1, -0.05) is 41.9 Å². The maximum absolute atomic E-state index is 13.0. The second-order valence-corrected chi connectivity index (χ2v) is 9.24. The number of hydrogen-bond acceptors (Lipinski definition) is 3. The number of hydrogen-bond donors (Lipinski definition) is 2. The van der Waals surface area contributed by atoms with Gasteiger partial charge in [0.2, 0.25) is 5.91 Å². The SMILES string of the molecule is CC(C)(C)n1ccc([C@H]2C[C@@H](C(=O)Nc3ccccc3)N[C@H]2c2ccc(Cl)cc2)n1. The Bertz CT molecular complexity index is 1010. The fraction of sp³-hybridized carbons (Fsp3) is 0.333. The molecule has 0 bridgehead atoms. The van der Waals surface area contributed by atoms with Crippen molar-refractivity contribution in [2.24, 2.45) is 0 Å². The molecule has 3 aromatic rings. The molecule has 1 amide bonds. The highest BCUT2D eigenvalue weighted by atomic mass is 35.5. The van der Waals surface area contributed by atoms with Crippen LogP contribution in [0.3, 0.4) is 0 Å². The molecule has 6 heteroatoms. The van der Waals surface area contributed by atoms with Crippen LogP contribution < -0.4 is 10.6 Å². The molecular weight excluding hydrogens is 396 g/mol. The van der Waals surface area contributed by atoms with Crippen LogP contribution in [0.15, 0.2) is 66.9 Å². The number of nitrogens with one attached hydrogen (secondary N) is 2. The summed E-state index contributed by atoms with van der Waals surface area (Å²) in [4.78, 5) is 13.0. The first-order valence-corrected chi connectivity index (χ1v) is 10.6. The van der Waals surface area contributed by atoms with Crippen molar-refractivity contribution in [1.82, 2.24) is 15.1 Å². The lowest BCUT2D eigenvalue weighted by Gasteiger charge is -2.21. The van der Waals surface area contributed by atoms with E-state index < -0.39 is 0 Å². The molecule has 5 nitrogen and oxygen atoms in total. The first kappa shape index (κ1) is 20.6. The van der Waals surface area contributed by atoms with Crippen LogP contribution in [0.2, 0.25) is 5.02 Å². The van der Waals surface area contributed by atoms with E-state index in [1.807, 2.05) is 65.5 Å². The van der Waals surface area contributed by atoms with Crippen molar-refractivity contribution in [1.29, 1.82) is 0 Å². The molecule has 1 aromatic heterocycles. The summed E-state index contributed by atoms with van der Waals surface area (Å²) in [5, 5.41) is 12.1. The number of amides is 1. The van der Waals surface area contributed by atoms with Gasteiger partial charge in [-0.2, -0.15) is 5.10 Å². The van der Waals surface area contributed by atoms with Gasteiger partial charge in [0.15, 0.2) is 0 Å². The molecule has 30 heavy (non-hydrogen) atoms. The molecule has 0 unspecified atom stereocenters. The Labute approximate surface area is 182 Å².